The third kappa shape index (κ3) is 3.75. The fourth-order valence-corrected chi connectivity index (χ4v) is 2.60. The van der Waals surface area contributed by atoms with E-state index in [-0.39, 0.29) is 12.0 Å². The van der Waals surface area contributed by atoms with Gasteiger partial charge in [0.1, 0.15) is 5.75 Å². The minimum atomic E-state index is -0.316. The molecular formula is C17H24N2O4. The Morgan fingerprint density at radius 3 is 2.17 bits per heavy atom. The molecule has 0 unspecified atom stereocenters. The van der Waals surface area contributed by atoms with E-state index < -0.39 is 0 Å². The van der Waals surface area contributed by atoms with Gasteiger partial charge in [0.15, 0.2) is 0 Å². The Labute approximate surface area is 137 Å². The van der Waals surface area contributed by atoms with E-state index in [1.807, 2.05) is 26.0 Å². The molecular weight excluding hydrogens is 296 g/mol. The SMILES string of the molecule is CCOC(=O)N1CCN(C(=O)c2cc(C)c(C)cc2OC)CC1. The number of carbonyl (C=O) groups excluding carboxylic acids is 2. The second kappa shape index (κ2) is 7.35. The molecule has 0 aliphatic carbocycles. The van der Waals surface area contributed by atoms with Gasteiger partial charge in [0.25, 0.3) is 5.91 Å². The number of methoxy groups -OCH3 is 1. The molecule has 1 aromatic carbocycles. The van der Waals surface area contributed by atoms with E-state index in [0.717, 1.165) is 11.1 Å². The summed E-state index contributed by atoms with van der Waals surface area (Å²) in [6, 6.07) is 3.76. The second-order valence-electron chi connectivity index (χ2n) is 5.61. The van der Waals surface area contributed by atoms with Crippen molar-refractivity contribution < 1.29 is 19.1 Å². The van der Waals surface area contributed by atoms with Crippen LogP contribution < -0.4 is 4.74 Å². The van der Waals surface area contributed by atoms with Gasteiger partial charge in [-0.2, -0.15) is 0 Å². The van der Waals surface area contributed by atoms with Crippen molar-refractivity contribution in [3.63, 3.8) is 0 Å². The third-order valence-corrected chi connectivity index (χ3v) is 4.14. The molecule has 0 saturated carbocycles. The Balaban J connectivity index is 2.08. The third-order valence-electron chi connectivity index (χ3n) is 4.14. The molecule has 1 saturated heterocycles. The lowest BCUT2D eigenvalue weighted by atomic mass is 10.0. The zero-order valence-corrected chi connectivity index (χ0v) is 14.2. The molecule has 1 aliphatic rings. The number of ether oxygens (including phenoxy) is 2. The van der Waals surface area contributed by atoms with E-state index in [0.29, 0.717) is 44.1 Å². The minimum absolute atomic E-state index is 0.0616. The summed E-state index contributed by atoms with van der Waals surface area (Å²) in [6.07, 6.45) is -0.316. The molecule has 6 heteroatoms. The van der Waals surface area contributed by atoms with Crippen LogP contribution in [0.5, 0.6) is 5.75 Å². The summed E-state index contributed by atoms with van der Waals surface area (Å²) in [5.41, 5.74) is 2.71. The van der Waals surface area contributed by atoms with Crippen molar-refractivity contribution in [3.05, 3.63) is 28.8 Å². The van der Waals surface area contributed by atoms with Crippen LogP contribution in [0.2, 0.25) is 0 Å². The molecule has 1 aromatic rings. The molecule has 0 spiro atoms. The topological polar surface area (TPSA) is 59.1 Å². The van der Waals surface area contributed by atoms with Crippen LogP contribution in [0.25, 0.3) is 0 Å². The first-order valence-electron chi connectivity index (χ1n) is 7.84. The zero-order valence-electron chi connectivity index (χ0n) is 14.2. The predicted octanol–water partition coefficient (Wildman–Crippen LogP) is 2.23. The van der Waals surface area contributed by atoms with Crippen molar-refractivity contribution in [2.75, 3.05) is 39.9 Å². The van der Waals surface area contributed by atoms with E-state index in [2.05, 4.69) is 0 Å². The van der Waals surface area contributed by atoms with Crippen molar-refractivity contribution in [2.45, 2.75) is 20.8 Å². The molecule has 0 N–H and O–H groups in total. The number of aryl methyl sites for hydroxylation is 2. The smallest absolute Gasteiger partial charge is 0.409 e. The highest BCUT2D eigenvalue weighted by atomic mass is 16.6. The maximum Gasteiger partial charge on any atom is 0.409 e. The van der Waals surface area contributed by atoms with Gasteiger partial charge in [-0.25, -0.2) is 4.79 Å². The Hall–Kier alpha value is -2.24. The van der Waals surface area contributed by atoms with Gasteiger partial charge in [-0.05, 0) is 44.0 Å². The fraction of sp³-hybridized carbons (Fsp3) is 0.529. The van der Waals surface area contributed by atoms with Gasteiger partial charge in [-0.15, -0.1) is 0 Å². The average molecular weight is 320 g/mol. The molecule has 2 rings (SSSR count). The van der Waals surface area contributed by atoms with Gasteiger partial charge in [-0.1, -0.05) is 0 Å². The van der Waals surface area contributed by atoms with Gasteiger partial charge in [0, 0.05) is 26.2 Å². The second-order valence-corrected chi connectivity index (χ2v) is 5.61. The first-order chi connectivity index (χ1) is 11.0. The molecule has 0 aromatic heterocycles. The van der Waals surface area contributed by atoms with E-state index in [1.165, 1.54) is 0 Å². The van der Waals surface area contributed by atoms with E-state index in [9.17, 15) is 9.59 Å². The quantitative estimate of drug-likeness (QED) is 0.857. The van der Waals surface area contributed by atoms with Gasteiger partial charge in [-0.3, -0.25) is 4.79 Å². The molecule has 23 heavy (non-hydrogen) atoms. The Kier molecular flexibility index (Phi) is 5.47. The van der Waals surface area contributed by atoms with Gasteiger partial charge in [0.2, 0.25) is 0 Å². The minimum Gasteiger partial charge on any atom is -0.496 e. The molecule has 126 valence electrons. The van der Waals surface area contributed by atoms with Crippen LogP contribution in [0.4, 0.5) is 4.79 Å². The van der Waals surface area contributed by atoms with Crippen LogP contribution in [0.3, 0.4) is 0 Å². The molecule has 0 atom stereocenters. The predicted molar refractivity (Wildman–Crippen MR) is 87.0 cm³/mol. The van der Waals surface area contributed by atoms with Gasteiger partial charge in [0.05, 0.1) is 19.3 Å². The Bertz CT molecular complexity index is 593. The highest BCUT2D eigenvalue weighted by Gasteiger charge is 2.27. The molecule has 0 bridgehead atoms. The van der Waals surface area contributed by atoms with Crippen LogP contribution in [-0.4, -0.2) is 61.7 Å². The van der Waals surface area contributed by atoms with Gasteiger partial charge < -0.3 is 19.3 Å². The summed E-state index contributed by atoms with van der Waals surface area (Å²) in [4.78, 5) is 27.8. The summed E-state index contributed by atoms with van der Waals surface area (Å²) in [5, 5.41) is 0. The summed E-state index contributed by atoms with van der Waals surface area (Å²) < 4.78 is 10.3. The maximum absolute atomic E-state index is 12.8. The van der Waals surface area contributed by atoms with Crippen molar-refractivity contribution in [3.8, 4) is 5.75 Å². The first kappa shape index (κ1) is 17.1. The summed E-state index contributed by atoms with van der Waals surface area (Å²) in [6.45, 7) is 8.06. The number of hydrogen-bond acceptors (Lipinski definition) is 4. The lowest BCUT2D eigenvalue weighted by molar-refractivity contribution is 0.0568. The van der Waals surface area contributed by atoms with Crippen LogP contribution in [-0.2, 0) is 4.74 Å². The summed E-state index contributed by atoms with van der Waals surface area (Å²) in [5.74, 6) is 0.527. The number of hydrogen-bond donors (Lipinski definition) is 0. The Morgan fingerprint density at radius 1 is 1.04 bits per heavy atom. The van der Waals surface area contributed by atoms with Crippen molar-refractivity contribution in [1.29, 1.82) is 0 Å². The number of amides is 2. The fourth-order valence-electron chi connectivity index (χ4n) is 2.60. The van der Waals surface area contributed by atoms with Crippen molar-refractivity contribution >= 4 is 12.0 Å². The van der Waals surface area contributed by atoms with Crippen LogP contribution >= 0.6 is 0 Å². The summed E-state index contributed by atoms with van der Waals surface area (Å²) >= 11 is 0. The molecule has 2 amide bonds. The zero-order chi connectivity index (χ0) is 17.0. The van der Waals surface area contributed by atoms with Gasteiger partial charge >= 0.3 is 6.09 Å². The van der Waals surface area contributed by atoms with E-state index in [4.69, 9.17) is 9.47 Å². The molecule has 1 aliphatic heterocycles. The number of piperazine rings is 1. The van der Waals surface area contributed by atoms with E-state index in [1.54, 1.807) is 23.8 Å². The maximum atomic E-state index is 12.8. The number of rotatable bonds is 3. The number of carbonyl (C=O) groups is 2. The summed E-state index contributed by atoms with van der Waals surface area (Å²) in [7, 11) is 1.57. The van der Waals surface area contributed by atoms with Crippen LogP contribution in [0, 0.1) is 13.8 Å². The first-order valence-corrected chi connectivity index (χ1v) is 7.84. The lowest BCUT2D eigenvalue weighted by Crippen LogP contribution is -2.50. The highest BCUT2D eigenvalue weighted by molar-refractivity contribution is 5.97. The monoisotopic (exact) mass is 320 g/mol. The van der Waals surface area contributed by atoms with Crippen LogP contribution in [0.1, 0.15) is 28.4 Å². The number of nitrogens with zero attached hydrogens (tertiary/aromatic N) is 2. The van der Waals surface area contributed by atoms with Crippen LogP contribution in [0.15, 0.2) is 12.1 Å². The highest BCUT2D eigenvalue weighted by Crippen LogP contribution is 2.25. The van der Waals surface area contributed by atoms with E-state index >= 15 is 0 Å². The largest absolute Gasteiger partial charge is 0.496 e. The molecule has 1 fully saturated rings. The molecule has 6 nitrogen and oxygen atoms in total. The number of benzene rings is 1. The Morgan fingerprint density at radius 2 is 1.61 bits per heavy atom. The standard InChI is InChI=1S/C17H24N2O4/c1-5-23-17(21)19-8-6-18(7-9-19)16(20)14-10-12(2)13(3)11-15(14)22-4/h10-11H,5-9H2,1-4H3. The normalized spacial score (nSPS) is 14.6. The molecule has 0 radical (unpaired) electrons. The average Bonchev–Trinajstić information content (AvgIpc) is 2.56. The lowest BCUT2D eigenvalue weighted by Gasteiger charge is -2.34. The van der Waals surface area contributed by atoms with Crippen molar-refractivity contribution in [1.82, 2.24) is 9.80 Å². The van der Waals surface area contributed by atoms with Crippen molar-refractivity contribution in [2.24, 2.45) is 0 Å². The molecule has 1 heterocycles.